The summed E-state index contributed by atoms with van der Waals surface area (Å²) < 4.78 is 2.41. The van der Waals surface area contributed by atoms with Gasteiger partial charge in [0.25, 0.3) is 0 Å². The van der Waals surface area contributed by atoms with Gasteiger partial charge in [-0.25, -0.2) is 0 Å². The average molecular weight is 213 g/mol. The lowest BCUT2D eigenvalue weighted by atomic mass is 9.95. The van der Waals surface area contributed by atoms with Gasteiger partial charge >= 0.3 is 0 Å². The minimum atomic E-state index is 0.703. The summed E-state index contributed by atoms with van der Waals surface area (Å²) in [5.41, 5.74) is 1.24. The first-order valence-corrected chi connectivity index (χ1v) is 6.62. The molecule has 0 bridgehead atoms. The molecule has 0 amide bonds. The number of hydrogen-bond acceptors (Lipinski definition) is 0. The molecule has 0 saturated heterocycles. The van der Waals surface area contributed by atoms with Gasteiger partial charge in [0, 0.05) is 18.2 Å². The van der Waals surface area contributed by atoms with Crippen molar-refractivity contribution in [1.29, 1.82) is 0 Å². The Morgan fingerprint density at radius 3 is 2.62 bits per heavy atom. The van der Waals surface area contributed by atoms with Crippen LogP contribution in [0.15, 0.2) is 18.3 Å². The smallest absolute Gasteiger partial charge is 0.0922 e. The van der Waals surface area contributed by atoms with Gasteiger partial charge in [0.15, 0.2) is 0 Å². The minimum Gasteiger partial charge on any atom is -0.338 e. The molecule has 1 aromatic rings. The largest absolute Gasteiger partial charge is 0.338 e. The van der Waals surface area contributed by atoms with E-state index in [1.165, 1.54) is 50.6 Å². The lowest BCUT2D eigenvalue weighted by Crippen LogP contribution is -2.13. The van der Waals surface area contributed by atoms with Crippen molar-refractivity contribution < 1.29 is 0 Å². The summed E-state index contributed by atoms with van der Waals surface area (Å²) >= 11 is 0. The highest BCUT2D eigenvalue weighted by atomic mass is 15.0. The zero-order chi connectivity index (χ0) is 10.8. The van der Waals surface area contributed by atoms with Gasteiger partial charge in [0.05, 0.1) is 5.69 Å². The third-order valence-electron chi connectivity index (χ3n) is 3.73. The fourth-order valence-corrected chi connectivity index (χ4v) is 2.58. The van der Waals surface area contributed by atoms with Gasteiger partial charge in [-0.15, -0.1) is 0 Å². The van der Waals surface area contributed by atoms with Crippen LogP contribution in [0.25, 0.3) is 0 Å². The molecule has 0 aromatic carbocycles. The van der Waals surface area contributed by atoms with Gasteiger partial charge in [-0.1, -0.05) is 25.2 Å². The van der Waals surface area contributed by atoms with Gasteiger partial charge < -0.3 is 4.57 Å². The van der Waals surface area contributed by atoms with E-state index in [0.29, 0.717) is 12.0 Å². The first kappa shape index (κ1) is 10.0. The molecule has 2 saturated carbocycles. The molecule has 2 fully saturated rings. The molecule has 1 nitrogen and oxygen atoms in total. The first-order chi connectivity index (χ1) is 7.93. The van der Waals surface area contributed by atoms with Gasteiger partial charge in [-0.05, 0) is 43.7 Å². The summed E-state index contributed by atoms with van der Waals surface area (Å²) in [5.74, 6) is 7.44. The van der Waals surface area contributed by atoms with Crippen molar-refractivity contribution in [2.24, 2.45) is 5.92 Å². The Morgan fingerprint density at radius 1 is 1.06 bits per heavy atom. The van der Waals surface area contributed by atoms with Crippen LogP contribution < -0.4 is 0 Å². The summed E-state index contributed by atoms with van der Waals surface area (Å²) in [6.07, 6.45) is 11.7. The van der Waals surface area contributed by atoms with Crippen molar-refractivity contribution in [2.75, 3.05) is 0 Å². The minimum absolute atomic E-state index is 0.703. The van der Waals surface area contributed by atoms with Crippen molar-refractivity contribution in [1.82, 2.24) is 4.57 Å². The molecule has 2 aliphatic carbocycles. The second kappa shape index (κ2) is 4.37. The standard InChI is InChI=1S/C15H19N/c1-2-5-14(6-3-1)16-12-4-7-15(16)11-10-13-8-9-13/h4,7,12-14H,1-3,5-6,8-9H2. The third-order valence-corrected chi connectivity index (χ3v) is 3.73. The highest BCUT2D eigenvalue weighted by Gasteiger charge is 2.19. The average Bonchev–Trinajstić information content (AvgIpc) is 3.05. The molecule has 2 aliphatic rings. The van der Waals surface area contributed by atoms with E-state index in [1.807, 2.05) is 0 Å². The van der Waals surface area contributed by atoms with E-state index in [9.17, 15) is 0 Å². The second-order valence-corrected chi connectivity index (χ2v) is 5.14. The van der Waals surface area contributed by atoms with Gasteiger partial charge in [0.1, 0.15) is 0 Å². The van der Waals surface area contributed by atoms with E-state index in [0.717, 1.165) is 0 Å². The second-order valence-electron chi connectivity index (χ2n) is 5.14. The maximum atomic E-state index is 3.37. The highest BCUT2D eigenvalue weighted by molar-refractivity contribution is 5.31. The Morgan fingerprint density at radius 2 is 1.88 bits per heavy atom. The predicted molar refractivity (Wildman–Crippen MR) is 66.2 cm³/mol. The van der Waals surface area contributed by atoms with Crippen LogP contribution in [0, 0.1) is 17.8 Å². The van der Waals surface area contributed by atoms with E-state index >= 15 is 0 Å². The molecule has 1 heteroatoms. The van der Waals surface area contributed by atoms with E-state index in [-0.39, 0.29) is 0 Å². The SMILES string of the molecule is C(#CC1CC1)c1cccn1C1CCCCC1. The fourth-order valence-electron chi connectivity index (χ4n) is 2.58. The van der Waals surface area contributed by atoms with Crippen LogP contribution in [0.1, 0.15) is 56.7 Å². The van der Waals surface area contributed by atoms with Gasteiger partial charge in [0.2, 0.25) is 0 Å². The Kier molecular flexibility index (Phi) is 2.74. The summed E-state index contributed by atoms with van der Waals surface area (Å²) in [5, 5.41) is 0. The Balaban J connectivity index is 1.78. The summed E-state index contributed by atoms with van der Waals surface area (Å²) in [6, 6.07) is 5.03. The molecule has 0 radical (unpaired) electrons. The lowest BCUT2D eigenvalue weighted by molar-refractivity contribution is 0.352. The number of nitrogens with zero attached hydrogens (tertiary/aromatic N) is 1. The zero-order valence-electron chi connectivity index (χ0n) is 9.78. The van der Waals surface area contributed by atoms with E-state index in [1.54, 1.807) is 0 Å². The molecular weight excluding hydrogens is 194 g/mol. The number of aromatic nitrogens is 1. The predicted octanol–water partition coefficient (Wildman–Crippen LogP) is 3.75. The van der Waals surface area contributed by atoms with Crippen LogP contribution in [0.4, 0.5) is 0 Å². The van der Waals surface area contributed by atoms with Crippen LogP contribution in [0.5, 0.6) is 0 Å². The molecule has 3 rings (SSSR count). The normalized spacial score (nSPS) is 21.5. The Labute approximate surface area is 97.9 Å². The number of hydrogen-bond donors (Lipinski definition) is 0. The Hall–Kier alpha value is -1.16. The van der Waals surface area contributed by atoms with Gasteiger partial charge in [-0.2, -0.15) is 0 Å². The van der Waals surface area contributed by atoms with Crippen LogP contribution >= 0.6 is 0 Å². The molecule has 84 valence electrons. The summed E-state index contributed by atoms with van der Waals surface area (Å²) in [4.78, 5) is 0. The molecule has 1 aromatic heterocycles. The summed E-state index contributed by atoms with van der Waals surface area (Å²) in [7, 11) is 0. The fraction of sp³-hybridized carbons (Fsp3) is 0.600. The quantitative estimate of drug-likeness (QED) is 0.626. The van der Waals surface area contributed by atoms with Crippen molar-refractivity contribution in [3.8, 4) is 11.8 Å². The molecule has 0 atom stereocenters. The lowest BCUT2D eigenvalue weighted by Gasteiger charge is -2.24. The monoisotopic (exact) mass is 213 g/mol. The van der Waals surface area contributed by atoms with Crippen LogP contribution in [0.3, 0.4) is 0 Å². The van der Waals surface area contributed by atoms with Crippen molar-refractivity contribution in [3.05, 3.63) is 24.0 Å². The van der Waals surface area contributed by atoms with E-state index < -0.39 is 0 Å². The number of rotatable bonds is 1. The molecule has 1 heterocycles. The zero-order valence-corrected chi connectivity index (χ0v) is 9.78. The molecule has 0 spiro atoms. The van der Waals surface area contributed by atoms with Crippen LogP contribution in [0.2, 0.25) is 0 Å². The van der Waals surface area contributed by atoms with E-state index in [2.05, 4.69) is 34.7 Å². The van der Waals surface area contributed by atoms with Crippen LogP contribution in [-0.2, 0) is 0 Å². The van der Waals surface area contributed by atoms with Crippen molar-refractivity contribution >= 4 is 0 Å². The molecule has 0 unspecified atom stereocenters. The first-order valence-electron chi connectivity index (χ1n) is 6.62. The topological polar surface area (TPSA) is 4.93 Å². The van der Waals surface area contributed by atoms with Gasteiger partial charge in [-0.3, -0.25) is 0 Å². The third kappa shape index (κ3) is 2.16. The summed E-state index contributed by atoms with van der Waals surface area (Å²) in [6.45, 7) is 0. The molecule has 0 N–H and O–H groups in total. The van der Waals surface area contributed by atoms with E-state index in [4.69, 9.17) is 0 Å². The van der Waals surface area contributed by atoms with Crippen LogP contribution in [-0.4, -0.2) is 4.57 Å². The highest BCUT2D eigenvalue weighted by Crippen LogP contribution is 2.30. The maximum Gasteiger partial charge on any atom is 0.0922 e. The molecule has 16 heavy (non-hydrogen) atoms. The van der Waals surface area contributed by atoms with Crippen molar-refractivity contribution in [2.45, 2.75) is 51.0 Å². The Bertz CT molecular complexity index is 408. The maximum absolute atomic E-state index is 3.37. The van der Waals surface area contributed by atoms with Crippen molar-refractivity contribution in [3.63, 3.8) is 0 Å². The molecular formula is C15H19N. The molecule has 0 aliphatic heterocycles.